The van der Waals surface area contributed by atoms with Gasteiger partial charge in [-0.1, -0.05) is 25.1 Å². The molecular weight excluding hydrogens is 323 g/mol. The maximum Gasteiger partial charge on any atom is 0.388 e. The molecule has 0 saturated carbocycles. The molecular formula is C15H17O5PS. The quantitative estimate of drug-likeness (QED) is 0.621. The average Bonchev–Trinajstić information content (AvgIpc) is 2.41. The van der Waals surface area contributed by atoms with E-state index in [1.54, 1.807) is 30.3 Å². The summed E-state index contributed by atoms with van der Waals surface area (Å²) in [5.41, 5.74) is 1.38. The molecule has 0 aliphatic rings. The lowest BCUT2D eigenvalue weighted by Gasteiger charge is -2.16. The van der Waals surface area contributed by atoms with E-state index in [1.165, 1.54) is 6.07 Å². The first-order valence-electron chi connectivity index (χ1n) is 6.61. The number of rotatable bonds is 5. The van der Waals surface area contributed by atoms with Gasteiger partial charge in [0, 0.05) is 10.5 Å². The van der Waals surface area contributed by atoms with Gasteiger partial charge in [-0.15, -0.1) is 0 Å². The second-order valence-corrected chi connectivity index (χ2v) is 8.61. The minimum atomic E-state index is -4.29. The van der Waals surface area contributed by atoms with Crippen molar-refractivity contribution in [2.45, 2.75) is 24.2 Å². The van der Waals surface area contributed by atoms with Crippen molar-refractivity contribution in [1.29, 1.82) is 0 Å². The Hall–Kier alpha value is -1.46. The van der Waals surface area contributed by atoms with Gasteiger partial charge in [0.05, 0.1) is 0 Å². The van der Waals surface area contributed by atoms with Crippen LogP contribution in [0.5, 0.6) is 11.5 Å². The highest BCUT2D eigenvalue weighted by Crippen LogP contribution is 2.56. The van der Waals surface area contributed by atoms with Crippen LogP contribution in [0.4, 0.5) is 0 Å². The smallest absolute Gasteiger partial charge is 0.388 e. The highest BCUT2D eigenvalue weighted by atomic mass is 32.7. The van der Waals surface area contributed by atoms with Gasteiger partial charge in [-0.05, 0) is 53.5 Å². The first-order valence-corrected chi connectivity index (χ1v) is 9.64. The predicted octanol–water partition coefficient (Wildman–Crippen LogP) is 3.63. The first kappa shape index (κ1) is 16.9. The summed E-state index contributed by atoms with van der Waals surface area (Å²) in [4.78, 5) is 18.6. The molecule has 2 aromatic carbocycles. The molecule has 7 heteroatoms. The zero-order valence-corrected chi connectivity index (χ0v) is 13.6. The lowest BCUT2D eigenvalue weighted by molar-refractivity contribution is 0.397. The topological polar surface area (TPSA) is 98.0 Å². The van der Waals surface area contributed by atoms with E-state index in [9.17, 15) is 14.8 Å². The van der Waals surface area contributed by atoms with Gasteiger partial charge in [0.1, 0.15) is 11.5 Å². The molecule has 0 heterocycles. The van der Waals surface area contributed by atoms with E-state index in [1.807, 2.05) is 13.0 Å². The Bertz CT molecular complexity index is 713. The number of hydrogen-bond acceptors (Lipinski definition) is 4. The third-order valence-corrected chi connectivity index (χ3v) is 5.40. The third-order valence-electron chi connectivity index (χ3n) is 3.28. The Kier molecular flexibility index (Phi) is 5.19. The third kappa shape index (κ3) is 4.52. The van der Waals surface area contributed by atoms with Crippen molar-refractivity contribution in [3.63, 3.8) is 0 Å². The Morgan fingerprint density at radius 1 is 1.14 bits per heavy atom. The van der Waals surface area contributed by atoms with Crippen molar-refractivity contribution in [3.8, 4) is 11.5 Å². The van der Waals surface area contributed by atoms with Crippen molar-refractivity contribution < 1.29 is 24.6 Å². The SMILES string of the molecule is CC(Cc1c(O)cccc1SP(=O)(O)O)c1cccc(O)c1. The number of benzene rings is 2. The summed E-state index contributed by atoms with van der Waals surface area (Å²) in [7, 11) is 0. The summed E-state index contributed by atoms with van der Waals surface area (Å²) in [5, 5.41) is 19.6. The van der Waals surface area contributed by atoms with Gasteiger partial charge >= 0.3 is 6.80 Å². The molecule has 0 bridgehead atoms. The molecule has 0 spiro atoms. The molecule has 0 amide bonds. The lowest BCUT2D eigenvalue weighted by atomic mass is 9.93. The molecule has 0 fully saturated rings. The molecule has 4 N–H and O–H groups in total. The molecule has 22 heavy (non-hydrogen) atoms. The van der Waals surface area contributed by atoms with Gasteiger partial charge in [-0.25, -0.2) is 4.57 Å². The second-order valence-electron chi connectivity index (χ2n) is 5.04. The number of hydrogen-bond donors (Lipinski definition) is 4. The summed E-state index contributed by atoms with van der Waals surface area (Å²) in [6.07, 6.45) is 0.401. The van der Waals surface area contributed by atoms with E-state index in [4.69, 9.17) is 9.79 Å². The van der Waals surface area contributed by atoms with Crippen molar-refractivity contribution in [1.82, 2.24) is 0 Å². The van der Waals surface area contributed by atoms with Gasteiger partial charge < -0.3 is 20.0 Å². The van der Waals surface area contributed by atoms with Crippen LogP contribution >= 0.6 is 18.2 Å². The molecule has 0 radical (unpaired) electrons. The van der Waals surface area contributed by atoms with Gasteiger partial charge in [0.25, 0.3) is 0 Å². The van der Waals surface area contributed by atoms with E-state index in [0.29, 0.717) is 28.3 Å². The fraction of sp³-hybridized carbons (Fsp3) is 0.200. The predicted molar refractivity (Wildman–Crippen MR) is 86.2 cm³/mol. The molecule has 2 rings (SSSR count). The number of aromatic hydroxyl groups is 2. The molecule has 1 unspecified atom stereocenters. The summed E-state index contributed by atoms with van der Waals surface area (Å²) in [5.74, 6) is 0.133. The van der Waals surface area contributed by atoms with E-state index >= 15 is 0 Å². The summed E-state index contributed by atoms with van der Waals surface area (Å²) in [6, 6.07) is 11.4. The molecule has 0 aromatic heterocycles. The van der Waals surface area contributed by atoms with Crippen LogP contribution in [-0.2, 0) is 11.0 Å². The van der Waals surface area contributed by atoms with Crippen molar-refractivity contribution in [2.75, 3.05) is 0 Å². The van der Waals surface area contributed by atoms with Crippen molar-refractivity contribution in [3.05, 3.63) is 53.6 Å². The van der Waals surface area contributed by atoms with Crippen LogP contribution in [-0.4, -0.2) is 20.0 Å². The molecule has 5 nitrogen and oxygen atoms in total. The van der Waals surface area contributed by atoms with Crippen molar-refractivity contribution in [2.24, 2.45) is 0 Å². The molecule has 0 aliphatic carbocycles. The Balaban J connectivity index is 2.30. The van der Waals surface area contributed by atoms with Crippen LogP contribution < -0.4 is 0 Å². The van der Waals surface area contributed by atoms with E-state index in [-0.39, 0.29) is 17.4 Å². The van der Waals surface area contributed by atoms with Crippen LogP contribution in [0.3, 0.4) is 0 Å². The minimum Gasteiger partial charge on any atom is -0.508 e. The molecule has 2 aromatic rings. The van der Waals surface area contributed by atoms with Gasteiger partial charge in [0.15, 0.2) is 0 Å². The van der Waals surface area contributed by atoms with Crippen LogP contribution in [0.1, 0.15) is 24.0 Å². The van der Waals surface area contributed by atoms with Gasteiger partial charge in [-0.2, -0.15) is 0 Å². The van der Waals surface area contributed by atoms with E-state index in [0.717, 1.165) is 5.56 Å². The van der Waals surface area contributed by atoms with E-state index < -0.39 is 6.80 Å². The minimum absolute atomic E-state index is 0.00505. The van der Waals surface area contributed by atoms with Crippen LogP contribution in [0, 0.1) is 0 Å². The van der Waals surface area contributed by atoms with Crippen LogP contribution in [0.15, 0.2) is 47.4 Å². The monoisotopic (exact) mass is 340 g/mol. The summed E-state index contributed by atoms with van der Waals surface area (Å²) < 4.78 is 11.2. The molecule has 1 atom stereocenters. The standard InChI is InChI=1S/C15H17O5PS/c1-10(11-4-2-5-12(16)9-11)8-13-14(17)6-3-7-15(13)22-21(18,19)20/h2-7,9-10,16-17H,8H2,1H3,(H2,18,19,20). The molecule has 118 valence electrons. The fourth-order valence-electron chi connectivity index (χ4n) is 2.23. The Morgan fingerprint density at radius 3 is 2.45 bits per heavy atom. The second kappa shape index (κ2) is 6.75. The van der Waals surface area contributed by atoms with Crippen molar-refractivity contribution >= 4 is 18.2 Å². The van der Waals surface area contributed by atoms with Crippen LogP contribution in [0.2, 0.25) is 0 Å². The van der Waals surface area contributed by atoms with E-state index in [2.05, 4.69) is 0 Å². The van der Waals surface area contributed by atoms with Crippen LogP contribution in [0.25, 0.3) is 0 Å². The number of phenolic OH excluding ortho intramolecular Hbond substituents is 2. The lowest BCUT2D eigenvalue weighted by Crippen LogP contribution is -2.00. The summed E-state index contributed by atoms with van der Waals surface area (Å²) >= 11 is 0.439. The van der Waals surface area contributed by atoms with Gasteiger partial charge in [0.2, 0.25) is 0 Å². The van der Waals surface area contributed by atoms with Gasteiger partial charge in [-0.3, -0.25) is 0 Å². The average molecular weight is 340 g/mol. The highest BCUT2D eigenvalue weighted by molar-refractivity contribution is 8.54. The normalized spacial score (nSPS) is 13.0. The fourth-order valence-corrected chi connectivity index (χ4v) is 4.20. The largest absolute Gasteiger partial charge is 0.508 e. The Morgan fingerprint density at radius 2 is 1.82 bits per heavy atom. The molecule has 0 saturated heterocycles. The maximum absolute atomic E-state index is 11.2. The highest BCUT2D eigenvalue weighted by Gasteiger charge is 2.21. The Labute approximate surface area is 132 Å². The summed E-state index contributed by atoms with van der Waals surface area (Å²) in [6.45, 7) is -2.37. The zero-order chi connectivity index (χ0) is 16.3. The molecule has 0 aliphatic heterocycles. The first-order chi connectivity index (χ1) is 10.3. The number of phenols is 2. The zero-order valence-electron chi connectivity index (χ0n) is 11.9. The maximum atomic E-state index is 11.2.